The highest BCUT2D eigenvalue weighted by Crippen LogP contribution is 2.44. The van der Waals surface area contributed by atoms with Gasteiger partial charge in [0.2, 0.25) is 0 Å². The van der Waals surface area contributed by atoms with Crippen molar-refractivity contribution < 1.29 is 29.0 Å². The number of Topliss-reactive ketones (excluding diaryl/α,β-unsaturated/α-hetero) is 2. The Balaban J connectivity index is 1.94. The van der Waals surface area contributed by atoms with Gasteiger partial charge in [-0.25, -0.2) is 4.98 Å². The second-order valence-corrected chi connectivity index (χ2v) is 8.62. The zero-order chi connectivity index (χ0) is 24.6. The second kappa shape index (κ2) is 9.11. The van der Waals surface area contributed by atoms with E-state index in [4.69, 9.17) is 9.47 Å². The first-order valence-corrected chi connectivity index (χ1v) is 11.2. The minimum atomic E-state index is -0.970. The van der Waals surface area contributed by atoms with Crippen LogP contribution in [0.25, 0.3) is 5.76 Å². The normalized spacial score (nSPS) is 17.2. The lowest BCUT2D eigenvalue weighted by molar-refractivity contribution is -0.132. The molecule has 3 aromatic rings. The molecule has 8 nitrogen and oxygen atoms in total. The van der Waals surface area contributed by atoms with Crippen LogP contribution in [0.15, 0.2) is 54.1 Å². The molecule has 34 heavy (non-hydrogen) atoms. The molecule has 1 saturated heterocycles. The van der Waals surface area contributed by atoms with E-state index in [1.165, 1.54) is 26.0 Å². The number of methoxy groups -OCH3 is 2. The van der Waals surface area contributed by atoms with Crippen LogP contribution in [-0.2, 0) is 9.59 Å². The molecule has 1 aliphatic rings. The summed E-state index contributed by atoms with van der Waals surface area (Å²) >= 11 is 1.03. The van der Waals surface area contributed by atoms with Crippen molar-refractivity contribution in [1.29, 1.82) is 0 Å². The van der Waals surface area contributed by atoms with Gasteiger partial charge in [0.15, 0.2) is 10.9 Å². The van der Waals surface area contributed by atoms with Crippen molar-refractivity contribution in [2.24, 2.45) is 0 Å². The summed E-state index contributed by atoms with van der Waals surface area (Å²) < 4.78 is 10.5. The highest BCUT2D eigenvalue weighted by atomic mass is 32.1. The number of aliphatic hydroxyl groups is 1. The number of benzene rings is 2. The Morgan fingerprint density at radius 1 is 1.06 bits per heavy atom. The summed E-state index contributed by atoms with van der Waals surface area (Å²) in [5.41, 5.74) is 1.28. The van der Waals surface area contributed by atoms with Crippen LogP contribution in [0.3, 0.4) is 0 Å². The number of nitrogens with zero attached hydrogens (tertiary/aromatic N) is 2. The molecule has 1 atom stereocenters. The Hall–Kier alpha value is -3.98. The molecule has 0 bridgehead atoms. The molecule has 1 amide bonds. The smallest absolute Gasteiger partial charge is 0.301 e. The fourth-order valence-electron chi connectivity index (χ4n) is 3.87. The number of anilines is 1. The molecule has 2 aromatic carbocycles. The zero-order valence-corrected chi connectivity index (χ0v) is 19.8. The molecule has 1 N–H and O–H groups in total. The Morgan fingerprint density at radius 2 is 1.74 bits per heavy atom. The van der Waals surface area contributed by atoms with Gasteiger partial charge in [-0.3, -0.25) is 19.3 Å². The largest absolute Gasteiger partial charge is 0.507 e. The van der Waals surface area contributed by atoms with Crippen LogP contribution in [0.2, 0.25) is 0 Å². The lowest BCUT2D eigenvalue weighted by atomic mass is 9.95. The monoisotopic (exact) mass is 478 g/mol. The highest BCUT2D eigenvalue weighted by Gasteiger charge is 2.48. The average molecular weight is 479 g/mol. The number of hydrogen-bond acceptors (Lipinski definition) is 8. The van der Waals surface area contributed by atoms with E-state index < -0.39 is 17.7 Å². The van der Waals surface area contributed by atoms with Crippen molar-refractivity contribution in [3.8, 4) is 11.5 Å². The molecule has 1 aromatic heterocycles. The average Bonchev–Trinajstić information content (AvgIpc) is 3.35. The van der Waals surface area contributed by atoms with E-state index in [9.17, 15) is 19.5 Å². The molecule has 0 spiro atoms. The van der Waals surface area contributed by atoms with E-state index in [0.29, 0.717) is 33.2 Å². The topological polar surface area (TPSA) is 106 Å². The summed E-state index contributed by atoms with van der Waals surface area (Å²) in [6.07, 6.45) is 0. The molecular formula is C25H22N2O6S. The number of aliphatic hydroxyl groups excluding tert-OH is 1. The summed E-state index contributed by atoms with van der Waals surface area (Å²) in [6.45, 7) is 3.09. The SMILES string of the molecule is COc1ccc(/C(O)=C2\C(=O)C(=O)N(c3nc(C)c(C(C)=O)s3)C2c2cccc(OC)c2)cc1. The van der Waals surface area contributed by atoms with Crippen LogP contribution in [0, 0.1) is 6.92 Å². The van der Waals surface area contributed by atoms with E-state index in [-0.39, 0.29) is 22.2 Å². The van der Waals surface area contributed by atoms with Gasteiger partial charge in [0.05, 0.1) is 36.4 Å². The summed E-state index contributed by atoms with van der Waals surface area (Å²) in [5.74, 6) is -1.10. The number of amides is 1. The van der Waals surface area contributed by atoms with Crippen molar-refractivity contribution >= 4 is 39.7 Å². The number of thiazole rings is 1. The van der Waals surface area contributed by atoms with Crippen LogP contribution in [-0.4, -0.2) is 41.8 Å². The van der Waals surface area contributed by atoms with Gasteiger partial charge in [-0.2, -0.15) is 0 Å². The maximum absolute atomic E-state index is 13.2. The third-order valence-corrected chi connectivity index (χ3v) is 6.79. The van der Waals surface area contributed by atoms with E-state index in [1.54, 1.807) is 55.5 Å². The Morgan fingerprint density at radius 3 is 2.32 bits per heavy atom. The highest BCUT2D eigenvalue weighted by molar-refractivity contribution is 7.18. The minimum absolute atomic E-state index is 0.0827. The summed E-state index contributed by atoms with van der Waals surface area (Å²) in [6, 6.07) is 12.4. The summed E-state index contributed by atoms with van der Waals surface area (Å²) in [4.78, 5) is 44.5. The van der Waals surface area contributed by atoms with Crippen molar-refractivity contribution in [3.63, 3.8) is 0 Å². The maximum atomic E-state index is 13.2. The fraction of sp³-hybridized carbons (Fsp3) is 0.200. The number of carbonyl (C=O) groups is 3. The molecule has 0 radical (unpaired) electrons. The molecule has 1 unspecified atom stereocenters. The summed E-state index contributed by atoms with van der Waals surface area (Å²) in [7, 11) is 3.03. The number of aryl methyl sites for hydroxylation is 1. The minimum Gasteiger partial charge on any atom is -0.507 e. The first-order valence-electron chi connectivity index (χ1n) is 10.3. The predicted octanol–water partition coefficient (Wildman–Crippen LogP) is 4.30. The van der Waals surface area contributed by atoms with E-state index in [0.717, 1.165) is 11.3 Å². The van der Waals surface area contributed by atoms with Crippen molar-refractivity contribution in [2.75, 3.05) is 19.1 Å². The molecule has 1 fully saturated rings. The van der Waals surface area contributed by atoms with Crippen LogP contribution in [0.5, 0.6) is 11.5 Å². The second-order valence-electron chi connectivity index (χ2n) is 7.64. The maximum Gasteiger partial charge on any atom is 0.301 e. The lowest BCUT2D eigenvalue weighted by Crippen LogP contribution is -2.29. The molecule has 4 rings (SSSR count). The van der Waals surface area contributed by atoms with Crippen molar-refractivity contribution in [2.45, 2.75) is 19.9 Å². The van der Waals surface area contributed by atoms with Gasteiger partial charge in [0.1, 0.15) is 17.3 Å². The summed E-state index contributed by atoms with van der Waals surface area (Å²) in [5, 5.41) is 11.4. The molecule has 2 heterocycles. The van der Waals surface area contributed by atoms with Crippen molar-refractivity contribution in [1.82, 2.24) is 4.98 Å². The number of rotatable bonds is 6. The van der Waals surface area contributed by atoms with Gasteiger partial charge in [-0.15, -0.1) is 0 Å². The molecule has 9 heteroatoms. The predicted molar refractivity (Wildman–Crippen MR) is 128 cm³/mol. The third-order valence-electron chi connectivity index (χ3n) is 5.53. The Labute approximate surface area is 200 Å². The number of carbonyl (C=O) groups excluding carboxylic acids is 3. The van der Waals surface area contributed by atoms with Crippen LogP contribution >= 0.6 is 11.3 Å². The van der Waals surface area contributed by atoms with E-state index in [1.807, 2.05) is 0 Å². The van der Waals surface area contributed by atoms with Gasteiger partial charge < -0.3 is 14.6 Å². The molecule has 1 aliphatic heterocycles. The third kappa shape index (κ3) is 3.94. The quantitative estimate of drug-likeness (QED) is 0.244. The van der Waals surface area contributed by atoms with E-state index in [2.05, 4.69) is 4.98 Å². The number of ether oxygens (including phenoxy) is 2. The number of aromatic nitrogens is 1. The standard InChI is InChI=1S/C25H22N2O6S/c1-13-23(14(2)28)34-25(26-13)27-20(16-6-5-7-18(12-16)33-4)19(22(30)24(27)31)21(29)15-8-10-17(32-3)11-9-15/h5-12,20,29H,1-4H3/b21-19+. The van der Waals surface area contributed by atoms with Gasteiger partial charge in [0.25, 0.3) is 5.78 Å². The lowest BCUT2D eigenvalue weighted by Gasteiger charge is -2.23. The van der Waals surface area contributed by atoms with Gasteiger partial charge >= 0.3 is 5.91 Å². The number of hydrogen-bond donors (Lipinski definition) is 1. The molecule has 0 aliphatic carbocycles. The van der Waals surface area contributed by atoms with Crippen LogP contribution in [0.4, 0.5) is 5.13 Å². The zero-order valence-electron chi connectivity index (χ0n) is 19.0. The molecule has 174 valence electrons. The fourth-order valence-corrected chi connectivity index (χ4v) is 4.86. The Bertz CT molecular complexity index is 1330. The van der Waals surface area contributed by atoms with E-state index >= 15 is 0 Å². The molecule has 0 saturated carbocycles. The van der Waals surface area contributed by atoms with Crippen LogP contribution in [0.1, 0.15) is 39.5 Å². The Kier molecular flexibility index (Phi) is 6.21. The van der Waals surface area contributed by atoms with Gasteiger partial charge in [-0.05, 0) is 48.9 Å². The number of ketones is 2. The van der Waals surface area contributed by atoms with Crippen molar-refractivity contribution in [3.05, 3.63) is 75.8 Å². The first kappa shape index (κ1) is 23.2. The van der Waals surface area contributed by atoms with Gasteiger partial charge in [-0.1, -0.05) is 23.5 Å². The molecular weight excluding hydrogens is 456 g/mol. The van der Waals surface area contributed by atoms with Crippen LogP contribution < -0.4 is 14.4 Å². The van der Waals surface area contributed by atoms with Gasteiger partial charge in [0, 0.05) is 12.5 Å². The first-order chi connectivity index (χ1) is 16.3.